The number of anilines is 1. The van der Waals surface area contributed by atoms with Gasteiger partial charge in [-0.05, 0) is 73.1 Å². The molecule has 228 valence electrons. The Morgan fingerprint density at radius 3 is 2.16 bits per heavy atom. The number of carbonyl (C=O) groups excluding carboxylic acids is 1. The number of hydrogen-bond acceptors (Lipinski definition) is 10. The molecule has 1 saturated heterocycles. The maximum atomic E-state index is 12.7. The van der Waals surface area contributed by atoms with Gasteiger partial charge in [0, 0.05) is 56.7 Å². The molecule has 1 aliphatic rings. The highest BCUT2D eigenvalue weighted by Gasteiger charge is 2.18. The molecular formula is C33H37N7O3S. The fraction of sp³-hybridized carbons (Fsp3) is 0.364. The van der Waals surface area contributed by atoms with E-state index in [1.54, 1.807) is 25.3 Å². The minimum absolute atomic E-state index is 0.406. The lowest BCUT2D eigenvalue weighted by Crippen LogP contribution is -2.46. The van der Waals surface area contributed by atoms with Crippen LogP contribution in [0.2, 0.25) is 0 Å². The summed E-state index contributed by atoms with van der Waals surface area (Å²) in [6.07, 6.45) is 6.33. The fourth-order valence-electron chi connectivity index (χ4n) is 5.41. The molecule has 1 fully saturated rings. The summed E-state index contributed by atoms with van der Waals surface area (Å²) in [6, 6.07) is 23.1. The molecule has 5 aromatic rings. The minimum Gasteiger partial charge on any atom is -0.385 e. The first-order valence-electron chi connectivity index (χ1n) is 15.2. The van der Waals surface area contributed by atoms with Crippen molar-refractivity contribution in [2.24, 2.45) is 0 Å². The average molecular weight is 612 g/mol. The number of aromatic nitrogens is 5. The van der Waals surface area contributed by atoms with E-state index in [1.165, 1.54) is 55.7 Å². The smallest absolute Gasteiger partial charge is 0.365 e. The highest BCUT2D eigenvalue weighted by atomic mass is 32.1. The summed E-state index contributed by atoms with van der Waals surface area (Å²) in [4.78, 5) is 24.3. The lowest BCUT2D eigenvalue weighted by molar-refractivity contribution is 0.0409. The van der Waals surface area contributed by atoms with Gasteiger partial charge >= 0.3 is 5.97 Å². The van der Waals surface area contributed by atoms with Gasteiger partial charge in [-0.2, -0.15) is 0 Å². The predicted molar refractivity (Wildman–Crippen MR) is 173 cm³/mol. The zero-order valence-electron chi connectivity index (χ0n) is 25.0. The molecule has 3 aromatic carbocycles. The molecule has 0 radical (unpaired) electrons. The molecule has 44 heavy (non-hydrogen) atoms. The summed E-state index contributed by atoms with van der Waals surface area (Å²) in [6.45, 7) is 6.40. The third-order valence-electron chi connectivity index (χ3n) is 7.96. The third-order valence-corrected chi connectivity index (χ3v) is 8.98. The Balaban J connectivity index is 0.989. The van der Waals surface area contributed by atoms with Gasteiger partial charge < -0.3 is 14.5 Å². The zero-order chi connectivity index (χ0) is 30.1. The van der Waals surface area contributed by atoms with Crippen molar-refractivity contribution in [1.29, 1.82) is 0 Å². The number of hydrogen-bond donors (Lipinski definition) is 0. The van der Waals surface area contributed by atoms with Crippen LogP contribution in [-0.2, 0) is 4.74 Å². The van der Waals surface area contributed by atoms with E-state index in [1.807, 2.05) is 30.3 Å². The fourth-order valence-corrected chi connectivity index (χ4v) is 6.26. The zero-order valence-corrected chi connectivity index (χ0v) is 25.8. The van der Waals surface area contributed by atoms with Crippen molar-refractivity contribution in [3.05, 3.63) is 78.4 Å². The second-order valence-corrected chi connectivity index (χ2v) is 11.9. The lowest BCUT2D eigenvalue weighted by Gasteiger charge is -2.36. The first-order valence-corrected chi connectivity index (χ1v) is 16.0. The van der Waals surface area contributed by atoms with Crippen LogP contribution in [0.15, 0.2) is 72.8 Å². The van der Waals surface area contributed by atoms with E-state index in [9.17, 15) is 4.79 Å². The van der Waals surface area contributed by atoms with E-state index < -0.39 is 5.97 Å². The molecule has 0 aliphatic carbocycles. The maximum Gasteiger partial charge on any atom is 0.365 e. The van der Waals surface area contributed by atoms with E-state index in [2.05, 4.69) is 54.6 Å². The minimum atomic E-state index is -0.518. The van der Waals surface area contributed by atoms with Gasteiger partial charge in [-0.3, -0.25) is 4.90 Å². The van der Waals surface area contributed by atoms with Crippen LogP contribution in [0.1, 0.15) is 42.5 Å². The maximum absolute atomic E-state index is 12.7. The first-order chi connectivity index (χ1) is 21.7. The van der Waals surface area contributed by atoms with Gasteiger partial charge in [0.15, 0.2) is 0 Å². The molecule has 6 rings (SSSR count). The van der Waals surface area contributed by atoms with Gasteiger partial charge in [0.05, 0.1) is 5.56 Å². The van der Waals surface area contributed by atoms with E-state index in [0.29, 0.717) is 16.6 Å². The molecule has 2 aromatic heterocycles. The van der Waals surface area contributed by atoms with Crippen molar-refractivity contribution >= 4 is 34.0 Å². The Hall–Kier alpha value is -4.19. The SMILES string of the molecule is COCCCCCCCN1CCN(c2ccc(-c3nnc(-c4ccc(C(=O)On5nnc6ccccc65)cc4)s3)cc2)CC1. The summed E-state index contributed by atoms with van der Waals surface area (Å²) in [5.74, 6) is -0.518. The van der Waals surface area contributed by atoms with Crippen LogP contribution >= 0.6 is 11.3 Å². The van der Waals surface area contributed by atoms with Crippen LogP contribution in [0.3, 0.4) is 0 Å². The second-order valence-electron chi connectivity index (χ2n) is 11.0. The Morgan fingerprint density at radius 2 is 1.43 bits per heavy atom. The quantitative estimate of drug-likeness (QED) is 0.124. The summed E-state index contributed by atoms with van der Waals surface area (Å²) in [5.41, 5.74) is 4.86. The van der Waals surface area contributed by atoms with Crippen LogP contribution in [0.4, 0.5) is 5.69 Å². The van der Waals surface area contributed by atoms with Gasteiger partial charge in [-0.1, -0.05) is 59.7 Å². The highest BCUT2D eigenvalue weighted by molar-refractivity contribution is 7.17. The second kappa shape index (κ2) is 14.5. The Kier molecular flexibility index (Phi) is 9.86. The summed E-state index contributed by atoms with van der Waals surface area (Å²) in [7, 11) is 1.78. The number of unbranched alkanes of at least 4 members (excludes halogenated alkanes) is 4. The first kappa shape index (κ1) is 29.9. The van der Waals surface area contributed by atoms with Gasteiger partial charge in [0.1, 0.15) is 21.0 Å². The lowest BCUT2D eigenvalue weighted by atomic mass is 10.1. The molecule has 0 unspecified atom stereocenters. The third kappa shape index (κ3) is 7.29. The normalized spacial score (nSPS) is 13.9. The highest BCUT2D eigenvalue weighted by Crippen LogP contribution is 2.31. The van der Waals surface area contributed by atoms with Crippen LogP contribution in [0.25, 0.3) is 32.2 Å². The molecule has 0 N–H and O–H groups in total. The predicted octanol–water partition coefficient (Wildman–Crippen LogP) is 5.60. The average Bonchev–Trinajstić information content (AvgIpc) is 3.73. The van der Waals surface area contributed by atoms with Crippen LogP contribution < -0.4 is 9.74 Å². The van der Waals surface area contributed by atoms with E-state index in [4.69, 9.17) is 9.57 Å². The van der Waals surface area contributed by atoms with Crippen LogP contribution in [0, 0.1) is 0 Å². The van der Waals surface area contributed by atoms with Crippen molar-refractivity contribution in [3.63, 3.8) is 0 Å². The van der Waals surface area contributed by atoms with E-state index >= 15 is 0 Å². The van der Waals surface area contributed by atoms with Gasteiger partial charge in [0.25, 0.3) is 0 Å². The summed E-state index contributed by atoms with van der Waals surface area (Å²) < 4.78 is 5.13. The number of methoxy groups -OCH3 is 1. The van der Waals surface area contributed by atoms with Gasteiger partial charge in [-0.25, -0.2) is 4.79 Å². The molecular weight excluding hydrogens is 574 g/mol. The Labute approximate surface area is 261 Å². The summed E-state index contributed by atoms with van der Waals surface area (Å²) >= 11 is 1.53. The number of carbonyl (C=O) groups is 1. The van der Waals surface area contributed by atoms with Crippen molar-refractivity contribution in [1.82, 2.24) is 30.3 Å². The van der Waals surface area contributed by atoms with Gasteiger partial charge in [-0.15, -0.1) is 15.3 Å². The van der Waals surface area contributed by atoms with Gasteiger partial charge in [0.2, 0.25) is 0 Å². The molecule has 0 bridgehead atoms. The Morgan fingerprint density at radius 1 is 0.773 bits per heavy atom. The molecule has 0 spiro atoms. The molecule has 3 heterocycles. The molecule has 1 aliphatic heterocycles. The Bertz CT molecular complexity index is 1640. The number of rotatable bonds is 13. The van der Waals surface area contributed by atoms with Crippen LogP contribution in [-0.4, -0.2) is 82.7 Å². The number of ether oxygens (including phenoxy) is 1. The van der Waals surface area contributed by atoms with E-state index in [-0.39, 0.29) is 0 Å². The number of fused-ring (bicyclic) bond motifs is 1. The summed E-state index contributed by atoms with van der Waals surface area (Å²) in [5, 5.41) is 18.4. The number of para-hydroxylation sites is 1. The standard InChI is InChI=1S/C33H37N7O3S/c1-42-24-8-4-2-3-7-19-38-20-22-39(23-21-38)28-17-15-26(16-18-28)32-36-35-31(44-32)25-11-13-27(14-12-25)33(41)43-40-30-10-6-5-9-29(30)34-37-40/h5-6,9-18H,2-4,7-8,19-24H2,1H3. The molecule has 0 saturated carbocycles. The van der Waals surface area contributed by atoms with Crippen LogP contribution in [0.5, 0.6) is 0 Å². The number of benzene rings is 3. The van der Waals surface area contributed by atoms with Crippen molar-refractivity contribution in [2.45, 2.75) is 32.1 Å². The van der Waals surface area contributed by atoms with Crippen molar-refractivity contribution < 1.29 is 14.4 Å². The molecule has 0 atom stereocenters. The van der Waals surface area contributed by atoms with Crippen molar-refractivity contribution in [3.8, 4) is 21.1 Å². The molecule has 11 heteroatoms. The molecule has 0 amide bonds. The number of nitrogens with zero attached hydrogens (tertiary/aromatic N) is 7. The van der Waals surface area contributed by atoms with E-state index in [0.717, 1.165) is 58.8 Å². The number of piperazine rings is 1. The topological polar surface area (TPSA) is 98.5 Å². The molecule has 10 nitrogen and oxygen atoms in total. The largest absolute Gasteiger partial charge is 0.385 e. The monoisotopic (exact) mass is 611 g/mol. The van der Waals surface area contributed by atoms with Crippen molar-refractivity contribution in [2.75, 3.05) is 51.3 Å².